The number of aryl methyl sites for hydroxylation is 1. The number of hydrogen-bond donors (Lipinski definition) is 3. The quantitative estimate of drug-likeness (QED) is 0.588. The van der Waals surface area contributed by atoms with Gasteiger partial charge in [0.1, 0.15) is 5.39 Å². The van der Waals surface area contributed by atoms with Crippen LogP contribution in [0.3, 0.4) is 0 Å². The summed E-state index contributed by atoms with van der Waals surface area (Å²) in [5, 5.41) is 7.56. The third-order valence-corrected chi connectivity index (χ3v) is 4.65. The number of aromatic amines is 1. The zero-order valence-corrected chi connectivity index (χ0v) is 14.9. The molecule has 2 heterocycles. The maximum absolute atomic E-state index is 11.9. The maximum Gasteiger partial charge on any atom is 0.277 e. The third-order valence-electron chi connectivity index (χ3n) is 3.72. The minimum atomic E-state index is -1.93. The highest BCUT2D eigenvalue weighted by molar-refractivity contribution is 7.45. The van der Waals surface area contributed by atoms with Crippen molar-refractivity contribution in [3.63, 3.8) is 0 Å². The molecule has 0 unspecified atom stereocenters. The molecule has 3 aromatic rings. The van der Waals surface area contributed by atoms with E-state index < -0.39 is 8.38 Å². The standard InChI is InChI=1S/C16H15ClN3O4P/c1-24-16-14-10(8-18-20-15(14)21)7-13(19-16)11-3-2-9(6-12(11)17)4-5-25(22)23/h2-3,6-8,22-23H,4-5H2,1H3,(H,20,21). The van der Waals surface area contributed by atoms with E-state index in [-0.39, 0.29) is 11.4 Å². The molecule has 130 valence electrons. The highest BCUT2D eigenvalue weighted by atomic mass is 35.5. The summed E-state index contributed by atoms with van der Waals surface area (Å²) < 4.78 is 5.24. The van der Waals surface area contributed by atoms with Crippen molar-refractivity contribution in [3.8, 4) is 17.1 Å². The van der Waals surface area contributed by atoms with Gasteiger partial charge in [0, 0.05) is 17.1 Å². The zero-order chi connectivity index (χ0) is 18.0. The van der Waals surface area contributed by atoms with Crippen LogP contribution in [0.2, 0.25) is 5.02 Å². The van der Waals surface area contributed by atoms with Gasteiger partial charge in [0.05, 0.1) is 24.0 Å². The van der Waals surface area contributed by atoms with Crippen LogP contribution in [0.25, 0.3) is 22.0 Å². The molecule has 9 heteroatoms. The lowest BCUT2D eigenvalue weighted by molar-refractivity contribution is 0.403. The van der Waals surface area contributed by atoms with E-state index in [0.29, 0.717) is 39.6 Å². The van der Waals surface area contributed by atoms with Gasteiger partial charge in [-0.25, -0.2) is 10.1 Å². The molecule has 3 N–H and O–H groups in total. The molecule has 0 radical (unpaired) electrons. The second-order valence-corrected chi connectivity index (χ2v) is 6.94. The fraction of sp³-hybridized carbons (Fsp3) is 0.188. The predicted molar refractivity (Wildman–Crippen MR) is 97.1 cm³/mol. The smallest absolute Gasteiger partial charge is 0.277 e. The van der Waals surface area contributed by atoms with Crippen molar-refractivity contribution in [2.45, 2.75) is 6.42 Å². The lowest BCUT2D eigenvalue weighted by atomic mass is 10.1. The van der Waals surface area contributed by atoms with Gasteiger partial charge in [-0.15, -0.1) is 0 Å². The Morgan fingerprint density at radius 3 is 2.80 bits per heavy atom. The van der Waals surface area contributed by atoms with Crippen LogP contribution in [-0.2, 0) is 6.42 Å². The molecule has 0 atom stereocenters. The molecular formula is C16H15ClN3O4P. The first-order valence-electron chi connectivity index (χ1n) is 7.36. The first kappa shape index (κ1) is 17.8. The number of rotatable bonds is 5. The van der Waals surface area contributed by atoms with E-state index >= 15 is 0 Å². The molecule has 2 aromatic heterocycles. The summed E-state index contributed by atoms with van der Waals surface area (Å²) >= 11 is 6.37. The fourth-order valence-electron chi connectivity index (χ4n) is 2.52. The summed E-state index contributed by atoms with van der Waals surface area (Å²) in [4.78, 5) is 34.4. The van der Waals surface area contributed by atoms with E-state index in [9.17, 15) is 4.79 Å². The molecular weight excluding hydrogens is 365 g/mol. The van der Waals surface area contributed by atoms with E-state index in [4.69, 9.17) is 26.1 Å². The summed E-state index contributed by atoms with van der Waals surface area (Å²) in [6.45, 7) is 0. The van der Waals surface area contributed by atoms with E-state index in [1.807, 2.05) is 12.1 Å². The molecule has 0 amide bonds. The number of methoxy groups -OCH3 is 1. The molecule has 0 bridgehead atoms. The highest BCUT2D eigenvalue weighted by Gasteiger charge is 2.14. The van der Waals surface area contributed by atoms with Crippen molar-refractivity contribution in [2.24, 2.45) is 0 Å². The van der Waals surface area contributed by atoms with Gasteiger partial charge < -0.3 is 14.5 Å². The number of nitrogens with one attached hydrogen (secondary N) is 1. The van der Waals surface area contributed by atoms with Crippen molar-refractivity contribution in [1.29, 1.82) is 0 Å². The second-order valence-electron chi connectivity index (χ2n) is 5.34. The monoisotopic (exact) mass is 379 g/mol. The van der Waals surface area contributed by atoms with Crippen LogP contribution < -0.4 is 10.3 Å². The van der Waals surface area contributed by atoms with Gasteiger partial charge in [-0.1, -0.05) is 23.7 Å². The van der Waals surface area contributed by atoms with Gasteiger partial charge in [-0.2, -0.15) is 5.10 Å². The average Bonchev–Trinajstić information content (AvgIpc) is 2.59. The topological polar surface area (TPSA) is 108 Å². The number of pyridine rings is 1. The summed E-state index contributed by atoms with van der Waals surface area (Å²) in [7, 11) is -0.484. The molecule has 0 aliphatic heterocycles. The summed E-state index contributed by atoms with van der Waals surface area (Å²) in [5.74, 6) is 0.197. The van der Waals surface area contributed by atoms with Crippen LogP contribution in [0.15, 0.2) is 35.3 Å². The van der Waals surface area contributed by atoms with Crippen LogP contribution in [0.5, 0.6) is 5.88 Å². The maximum atomic E-state index is 11.9. The second kappa shape index (κ2) is 7.45. The Kier molecular flexibility index (Phi) is 5.30. The van der Waals surface area contributed by atoms with Gasteiger partial charge in [-0.05, 0) is 24.1 Å². The van der Waals surface area contributed by atoms with Gasteiger partial charge >= 0.3 is 0 Å². The van der Waals surface area contributed by atoms with Gasteiger partial charge in [0.2, 0.25) is 5.88 Å². The third kappa shape index (κ3) is 3.80. The first-order chi connectivity index (χ1) is 12.0. The van der Waals surface area contributed by atoms with E-state index in [0.717, 1.165) is 5.56 Å². The van der Waals surface area contributed by atoms with Crippen molar-refractivity contribution in [1.82, 2.24) is 15.2 Å². The largest absolute Gasteiger partial charge is 0.480 e. The van der Waals surface area contributed by atoms with Crippen LogP contribution >= 0.6 is 20.0 Å². The van der Waals surface area contributed by atoms with E-state index in [1.54, 1.807) is 12.1 Å². The number of hydrogen-bond acceptors (Lipinski definition) is 6. The van der Waals surface area contributed by atoms with Gasteiger partial charge in [0.15, 0.2) is 8.38 Å². The Balaban J connectivity index is 2.06. The van der Waals surface area contributed by atoms with Gasteiger partial charge in [-0.3, -0.25) is 4.79 Å². The Morgan fingerprint density at radius 1 is 1.32 bits per heavy atom. The number of H-pyrrole nitrogens is 1. The molecule has 1 aromatic carbocycles. The number of nitrogens with zero attached hydrogens (tertiary/aromatic N) is 2. The molecule has 7 nitrogen and oxygen atoms in total. The van der Waals surface area contributed by atoms with E-state index in [2.05, 4.69) is 15.2 Å². The fourth-order valence-corrected chi connectivity index (χ4v) is 3.28. The average molecular weight is 380 g/mol. The molecule has 0 saturated carbocycles. The molecule has 0 spiro atoms. The van der Waals surface area contributed by atoms with Crippen LogP contribution in [-0.4, -0.2) is 38.2 Å². The molecule has 0 saturated heterocycles. The lowest BCUT2D eigenvalue weighted by Gasteiger charge is -2.10. The number of benzene rings is 1. The van der Waals surface area contributed by atoms with Crippen LogP contribution in [0.4, 0.5) is 0 Å². The number of ether oxygens (including phenoxy) is 1. The SMILES string of the molecule is COc1nc(-c2ccc(CCP(O)O)cc2Cl)cc2cn[nH]c(=O)c12. The normalized spacial score (nSPS) is 11.2. The minimum Gasteiger partial charge on any atom is -0.480 e. The van der Waals surface area contributed by atoms with Crippen LogP contribution in [0, 0.1) is 0 Å². The van der Waals surface area contributed by atoms with Crippen molar-refractivity contribution >= 4 is 30.7 Å². The Hall–Kier alpha value is -2.05. The number of halogens is 1. The Morgan fingerprint density at radius 2 is 2.12 bits per heavy atom. The highest BCUT2D eigenvalue weighted by Crippen LogP contribution is 2.32. The van der Waals surface area contributed by atoms with E-state index in [1.165, 1.54) is 13.3 Å². The molecule has 0 aliphatic carbocycles. The molecule has 25 heavy (non-hydrogen) atoms. The van der Waals surface area contributed by atoms with Crippen molar-refractivity contribution < 1.29 is 14.5 Å². The van der Waals surface area contributed by atoms with Crippen LogP contribution in [0.1, 0.15) is 5.56 Å². The summed E-state index contributed by atoms with van der Waals surface area (Å²) in [5.41, 5.74) is 1.76. The zero-order valence-electron chi connectivity index (χ0n) is 13.2. The Labute approximate surface area is 149 Å². The first-order valence-corrected chi connectivity index (χ1v) is 9.17. The van der Waals surface area contributed by atoms with Crippen molar-refractivity contribution in [2.75, 3.05) is 13.3 Å². The number of fused-ring (bicyclic) bond motifs is 1. The molecule has 3 rings (SSSR count). The molecule has 0 fully saturated rings. The predicted octanol–water partition coefficient (Wildman–Crippen LogP) is 2.49. The van der Waals surface area contributed by atoms with Gasteiger partial charge in [0.25, 0.3) is 5.56 Å². The number of aromatic nitrogens is 3. The summed E-state index contributed by atoms with van der Waals surface area (Å²) in [6.07, 6.45) is 2.34. The Bertz CT molecular complexity index is 977. The molecule has 0 aliphatic rings. The lowest BCUT2D eigenvalue weighted by Crippen LogP contribution is -2.10. The minimum absolute atomic E-state index is 0.197. The summed E-state index contributed by atoms with van der Waals surface area (Å²) in [6, 6.07) is 7.16. The van der Waals surface area contributed by atoms with Crippen molar-refractivity contribution in [3.05, 3.63) is 51.4 Å².